The lowest BCUT2D eigenvalue weighted by atomic mass is 10.7. The SMILES string of the molecule is N.S.c1cc[nH]c1. The Morgan fingerprint density at radius 3 is 1.57 bits per heavy atom. The maximum atomic E-state index is 2.86. The number of hydrogen-bond acceptors (Lipinski definition) is 1. The van der Waals surface area contributed by atoms with E-state index in [0.717, 1.165) is 0 Å². The Morgan fingerprint density at radius 2 is 1.43 bits per heavy atom. The molecular weight excluding hydrogens is 108 g/mol. The summed E-state index contributed by atoms with van der Waals surface area (Å²) >= 11 is 0. The molecule has 1 aromatic rings. The van der Waals surface area contributed by atoms with E-state index in [4.69, 9.17) is 0 Å². The third kappa shape index (κ3) is 3.42. The van der Waals surface area contributed by atoms with Crippen LogP contribution in [-0.4, -0.2) is 4.98 Å². The van der Waals surface area contributed by atoms with Crippen LogP contribution in [0.25, 0.3) is 0 Å². The van der Waals surface area contributed by atoms with Crippen LogP contribution in [0.2, 0.25) is 0 Å². The zero-order valence-corrected chi connectivity index (χ0v) is 5.02. The van der Waals surface area contributed by atoms with E-state index in [-0.39, 0.29) is 19.6 Å². The highest BCUT2D eigenvalue weighted by atomic mass is 32.1. The molecule has 0 saturated carbocycles. The molecule has 2 nitrogen and oxygen atoms in total. The van der Waals surface area contributed by atoms with Crippen molar-refractivity contribution in [1.29, 1.82) is 0 Å². The zero-order chi connectivity index (χ0) is 3.54. The van der Waals surface area contributed by atoms with Gasteiger partial charge in [-0.3, -0.25) is 0 Å². The largest absolute Gasteiger partial charge is 0.368 e. The fourth-order valence-corrected chi connectivity index (χ4v) is 0.278. The second-order valence-corrected chi connectivity index (χ2v) is 0.885. The van der Waals surface area contributed by atoms with E-state index >= 15 is 0 Å². The van der Waals surface area contributed by atoms with Crippen LogP contribution in [0.1, 0.15) is 0 Å². The molecule has 7 heavy (non-hydrogen) atoms. The summed E-state index contributed by atoms with van der Waals surface area (Å²) in [6, 6.07) is 3.89. The van der Waals surface area contributed by atoms with Gasteiger partial charge in [0.25, 0.3) is 0 Å². The van der Waals surface area contributed by atoms with E-state index in [9.17, 15) is 0 Å². The maximum Gasteiger partial charge on any atom is 0.000496 e. The summed E-state index contributed by atoms with van der Waals surface area (Å²) in [5.41, 5.74) is 0. The van der Waals surface area contributed by atoms with Gasteiger partial charge in [-0.15, -0.1) is 0 Å². The molecular formula is C4H10N2S. The van der Waals surface area contributed by atoms with Gasteiger partial charge in [0.2, 0.25) is 0 Å². The van der Waals surface area contributed by atoms with Gasteiger partial charge in [-0.1, -0.05) is 0 Å². The van der Waals surface area contributed by atoms with Crippen molar-refractivity contribution in [1.82, 2.24) is 11.1 Å². The minimum atomic E-state index is 0. The van der Waals surface area contributed by atoms with Gasteiger partial charge < -0.3 is 11.1 Å². The second kappa shape index (κ2) is 5.59. The van der Waals surface area contributed by atoms with Crippen LogP contribution in [0.5, 0.6) is 0 Å². The number of hydrogen-bond donors (Lipinski definition) is 2. The summed E-state index contributed by atoms with van der Waals surface area (Å²) in [6.07, 6.45) is 3.75. The molecule has 0 unspecified atom stereocenters. The Hall–Kier alpha value is -0.410. The normalized spacial score (nSPS) is 5.71. The lowest BCUT2D eigenvalue weighted by Crippen LogP contribution is -1.38. The van der Waals surface area contributed by atoms with Crippen LogP contribution in [0.15, 0.2) is 24.5 Å². The molecule has 42 valence electrons. The van der Waals surface area contributed by atoms with Gasteiger partial charge >= 0.3 is 0 Å². The monoisotopic (exact) mass is 118 g/mol. The van der Waals surface area contributed by atoms with Crippen LogP contribution in [0.4, 0.5) is 0 Å². The van der Waals surface area contributed by atoms with Crippen molar-refractivity contribution in [2.45, 2.75) is 0 Å². The number of rotatable bonds is 0. The van der Waals surface area contributed by atoms with Crippen LogP contribution in [-0.2, 0) is 0 Å². The van der Waals surface area contributed by atoms with Gasteiger partial charge in [-0.2, -0.15) is 13.5 Å². The molecule has 0 saturated heterocycles. The van der Waals surface area contributed by atoms with E-state index in [1.54, 1.807) is 0 Å². The Labute approximate surface area is 50.0 Å². The highest BCUT2D eigenvalue weighted by Crippen LogP contribution is 1.72. The van der Waals surface area contributed by atoms with E-state index in [0.29, 0.717) is 0 Å². The highest BCUT2D eigenvalue weighted by molar-refractivity contribution is 7.59. The summed E-state index contributed by atoms with van der Waals surface area (Å²) in [4.78, 5) is 2.86. The van der Waals surface area contributed by atoms with Crippen molar-refractivity contribution in [3.05, 3.63) is 24.5 Å². The predicted molar refractivity (Wildman–Crippen MR) is 36.2 cm³/mol. The molecule has 0 radical (unpaired) electrons. The maximum absolute atomic E-state index is 2.86. The molecule has 0 aliphatic rings. The second-order valence-electron chi connectivity index (χ2n) is 0.885. The summed E-state index contributed by atoms with van der Waals surface area (Å²) in [5, 5.41) is 0. The van der Waals surface area contributed by atoms with Crippen molar-refractivity contribution in [2.75, 3.05) is 0 Å². The Kier molecular flexibility index (Phi) is 7.81. The van der Waals surface area contributed by atoms with Gasteiger partial charge in [-0.25, -0.2) is 0 Å². The molecule has 0 amide bonds. The quantitative estimate of drug-likeness (QED) is 0.530. The average molecular weight is 118 g/mol. The number of aromatic nitrogens is 1. The molecule has 0 aliphatic carbocycles. The first kappa shape index (κ1) is 9.77. The third-order valence-corrected chi connectivity index (χ3v) is 0.496. The highest BCUT2D eigenvalue weighted by Gasteiger charge is 1.55. The molecule has 0 atom stereocenters. The molecule has 4 N–H and O–H groups in total. The van der Waals surface area contributed by atoms with E-state index < -0.39 is 0 Å². The average Bonchev–Trinajstić information content (AvgIpc) is 1.76. The van der Waals surface area contributed by atoms with Crippen LogP contribution in [0.3, 0.4) is 0 Å². The first-order valence-corrected chi connectivity index (χ1v) is 1.58. The smallest absolute Gasteiger partial charge is 0.000496 e. The van der Waals surface area contributed by atoms with Gasteiger partial charge in [-0.05, 0) is 12.1 Å². The molecule has 0 aromatic carbocycles. The summed E-state index contributed by atoms with van der Waals surface area (Å²) in [7, 11) is 0. The number of nitrogens with one attached hydrogen (secondary N) is 1. The van der Waals surface area contributed by atoms with Crippen molar-refractivity contribution >= 4 is 13.5 Å². The summed E-state index contributed by atoms with van der Waals surface area (Å²) in [5.74, 6) is 0. The first-order chi connectivity index (χ1) is 2.50. The van der Waals surface area contributed by atoms with E-state index in [2.05, 4.69) is 4.98 Å². The summed E-state index contributed by atoms with van der Waals surface area (Å²) < 4.78 is 0. The van der Waals surface area contributed by atoms with Crippen molar-refractivity contribution < 1.29 is 0 Å². The molecule has 3 heteroatoms. The van der Waals surface area contributed by atoms with Gasteiger partial charge in [0.15, 0.2) is 0 Å². The molecule has 0 fully saturated rings. The minimum Gasteiger partial charge on any atom is -0.368 e. The van der Waals surface area contributed by atoms with E-state index in [1.807, 2.05) is 24.5 Å². The van der Waals surface area contributed by atoms with Gasteiger partial charge in [0, 0.05) is 12.4 Å². The Balaban J connectivity index is 0. The first-order valence-electron chi connectivity index (χ1n) is 1.58. The Bertz CT molecular complexity index is 66.2. The topological polar surface area (TPSA) is 50.8 Å². The van der Waals surface area contributed by atoms with Crippen molar-refractivity contribution in [2.24, 2.45) is 0 Å². The van der Waals surface area contributed by atoms with Crippen LogP contribution in [0, 0.1) is 0 Å². The molecule has 0 aliphatic heterocycles. The van der Waals surface area contributed by atoms with E-state index in [1.165, 1.54) is 0 Å². The van der Waals surface area contributed by atoms with Crippen LogP contribution < -0.4 is 6.15 Å². The Morgan fingerprint density at radius 1 is 1.00 bits per heavy atom. The third-order valence-electron chi connectivity index (χ3n) is 0.496. The minimum absolute atomic E-state index is 0. The fourth-order valence-electron chi connectivity index (χ4n) is 0.278. The lowest BCUT2D eigenvalue weighted by Gasteiger charge is -1.49. The molecule has 1 aromatic heterocycles. The fraction of sp³-hybridized carbons (Fsp3) is 0. The number of aromatic amines is 1. The molecule has 0 bridgehead atoms. The zero-order valence-electron chi connectivity index (χ0n) is 4.02. The molecule has 0 spiro atoms. The lowest BCUT2D eigenvalue weighted by molar-refractivity contribution is 1.42. The number of H-pyrrole nitrogens is 1. The van der Waals surface area contributed by atoms with Crippen molar-refractivity contribution in [3.63, 3.8) is 0 Å². The predicted octanol–water partition coefficient (Wildman–Crippen LogP) is 1.29. The molecule has 1 heterocycles. The van der Waals surface area contributed by atoms with Gasteiger partial charge in [0.1, 0.15) is 0 Å². The molecule has 1 rings (SSSR count). The van der Waals surface area contributed by atoms with Crippen molar-refractivity contribution in [3.8, 4) is 0 Å². The van der Waals surface area contributed by atoms with Gasteiger partial charge in [0.05, 0.1) is 0 Å². The van der Waals surface area contributed by atoms with Crippen LogP contribution >= 0.6 is 13.5 Å². The summed E-state index contributed by atoms with van der Waals surface area (Å²) in [6.45, 7) is 0. The standard InChI is InChI=1S/C4H5N.H3N.H2S/c1-2-4-5-3-1;;/h1-5H;1H3;1H2.